The highest BCUT2D eigenvalue weighted by Crippen LogP contribution is 2.34. The molecule has 2 aromatic carbocycles. The number of amides is 2. The summed E-state index contributed by atoms with van der Waals surface area (Å²) in [6, 6.07) is 11.0. The number of anilines is 1. The Labute approximate surface area is 182 Å². The molecular formula is C24H28N2O5. The third-order valence-electron chi connectivity index (χ3n) is 5.35. The van der Waals surface area contributed by atoms with Crippen LogP contribution in [-0.4, -0.2) is 51.2 Å². The first kappa shape index (κ1) is 22.4. The average molecular weight is 424 g/mol. The lowest BCUT2D eigenvalue weighted by molar-refractivity contribution is -0.136. The molecule has 2 aromatic rings. The third kappa shape index (κ3) is 4.56. The summed E-state index contributed by atoms with van der Waals surface area (Å²) in [5.41, 5.74) is 4.10. The van der Waals surface area contributed by atoms with E-state index in [1.807, 2.05) is 32.0 Å². The number of hydrogen-bond donors (Lipinski definition) is 1. The lowest BCUT2D eigenvalue weighted by Gasteiger charge is -2.15. The largest absolute Gasteiger partial charge is 0.493 e. The fraction of sp³-hybridized carbons (Fsp3) is 0.333. The maximum absolute atomic E-state index is 13.3. The van der Waals surface area contributed by atoms with Crippen LogP contribution in [0.3, 0.4) is 0 Å². The van der Waals surface area contributed by atoms with Gasteiger partial charge in [0.05, 0.1) is 19.8 Å². The van der Waals surface area contributed by atoms with Crippen molar-refractivity contribution in [1.29, 1.82) is 0 Å². The van der Waals surface area contributed by atoms with Gasteiger partial charge in [0.15, 0.2) is 11.5 Å². The van der Waals surface area contributed by atoms with E-state index in [1.165, 1.54) is 4.90 Å². The quantitative estimate of drug-likeness (QED) is 0.490. The molecule has 1 heterocycles. The van der Waals surface area contributed by atoms with Gasteiger partial charge in [-0.2, -0.15) is 0 Å². The molecule has 0 atom stereocenters. The second kappa shape index (κ2) is 9.66. The van der Waals surface area contributed by atoms with Crippen molar-refractivity contribution in [3.05, 3.63) is 58.8 Å². The molecule has 0 unspecified atom stereocenters. The Morgan fingerprint density at radius 3 is 2.26 bits per heavy atom. The molecule has 0 saturated heterocycles. The van der Waals surface area contributed by atoms with E-state index in [2.05, 4.69) is 5.32 Å². The Hall–Kier alpha value is -3.32. The number of rotatable bonds is 9. The topological polar surface area (TPSA) is 77.1 Å². The predicted molar refractivity (Wildman–Crippen MR) is 119 cm³/mol. The molecule has 3 rings (SSSR count). The summed E-state index contributed by atoms with van der Waals surface area (Å²) in [6.07, 6.45) is 0.567. The molecule has 31 heavy (non-hydrogen) atoms. The van der Waals surface area contributed by atoms with Gasteiger partial charge in [0.2, 0.25) is 0 Å². The molecule has 0 bridgehead atoms. The van der Waals surface area contributed by atoms with Gasteiger partial charge in [-0.3, -0.25) is 14.5 Å². The van der Waals surface area contributed by atoms with Gasteiger partial charge in [-0.25, -0.2) is 0 Å². The van der Waals surface area contributed by atoms with Crippen LogP contribution in [0.5, 0.6) is 11.5 Å². The maximum Gasteiger partial charge on any atom is 0.278 e. The van der Waals surface area contributed by atoms with Crippen LogP contribution in [0.4, 0.5) is 5.69 Å². The van der Waals surface area contributed by atoms with Gasteiger partial charge in [0.1, 0.15) is 5.70 Å². The zero-order chi connectivity index (χ0) is 22.5. The normalized spacial score (nSPS) is 13.8. The highest BCUT2D eigenvalue weighted by atomic mass is 16.5. The van der Waals surface area contributed by atoms with Gasteiger partial charge in [-0.15, -0.1) is 0 Å². The summed E-state index contributed by atoms with van der Waals surface area (Å²) >= 11 is 0. The smallest absolute Gasteiger partial charge is 0.278 e. The van der Waals surface area contributed by atoms with Crippen LogP contribution < -0.4 is 14.8 Å². The lowest BCUT2D eigenvalue weighted by Crippen LogP contribution is -2.33. The standard InChI is InChI=1S/C24H28N2O5/c1-15-7-8-17(13-16(15)2)21-22(24(28)26(23(21)27)11-6-12-29-3)25-18-9-10-19(30-4)20(14-18)31-5/h7-10,13-14,25H,6,11-12H2,1-5H3. The zero-order valence-corrected chi connectivity index (χ0v) is 18.6. The van der Waals surface area contributed by atoms with E-state index in [0.29, 0.717) is 41.4 Å². The van der Waals surface area contributed by atoms with Crippen LogP contribution in [0.15, 0.2) is 42.1 Å². The summed E-state index contributed by atoms with van der Waals surface area (Å²) < 4.78 is 15.7. The highest BCUT2D eigenvalue weighted by Gasteiger charge is 2.39. The monoisotopic (exact) mass is 424 g/mol. The molecule has 0 spiro atoms. The number of ether oxygens (including phenoxy) is 3. The van der Waals surface area contributed by atoms with E-state index in [0.717, 1.165) is 11.1 Å². The van der Waals surface area contributed by atoms with Crippen LogP contribution in [0.1, 0.15) is 23.1 Å². The fourth-order valence-electron chi connectivity index (χ4n) is 3.49. The first-order valence-electron chi connectivity index (χ1n) is 10.1. The molecule has 7 heteroatoms. The molecule has 2 amide bonds. The first-order chi connectivity index (χ1) is 14.9. The maximum atomic E-state index is 13.3. The number of carbonyl (C=O) groups excluding carboxylic acids is 2. The molecule has 164 valence electrons. The predicted octanol–water partition coefficient (Wildman–Crippen LogP) is 3.55. The number of nitrogens with one attached hydrogen (secondary N) is 1. The SMILES string of the molecule is COCCCN1C(=O)C(Nc2ccc(OC)c(OC)c2)=C(c2ccc(C)c(C)c2)C1=O. The van der Waals surface area contributed by atoms with E-state index < -0.39 is 0 Å². The Morgan fingerprint density at radius 1 is 0.871 bits per heavy atom. The number of methoxy groups -OCH3 is 3. The summed E-state index contributed by atoms with van der Waals surface area (Å²) in [5, 5.41) is 3.15. The number of carbonyl (C=O) groups is 2. The summed E-state index contributed by atoms with van der Waals surface area (Å²) in [5.74, 6) is 0.428. The Kier molecular flexibility index (Phi) is 6.97. The van der Waals surface area contributed by atoms with Crippen molar-refractivity contribution in [3.63, 3.8) is 0 Å². The number of aryl methyl sites for hydroxylation is 2. The van der Waals surface area contributed by atoms with Crippen molar-refractivity contribution in [2.45, 2.75) is 20.3 Å². The van der Waals surface area contributed by atoms with E-state index >= 15 is 0 Å². The van der Waals surface area contributed by atoms with Gasteiger partial charge in [0, 0.05) is 32.0 Å². The molecule has 1 aliphatic rings. The van der Waals surface area contributed by atoms with Gasteiger partial charge in [-0.05, 0) is 49.1 Å². The number of imide groups is 1. The van der Waals surface area contributed by atoms with Crippen molar-refractivity contribution < 1.29 is 23.8 Å². The molecule has 1 aliphatic heterocycles. The van der Waals surface area contributed by atoms with Crippen molar-refractivity contribution in [3.8, 4) is 11.5 Å². The minimum absolute atomic E-state index is 0.248. The van der Waals surface area contributed by atoms with Crippen LogP contribution in [0, 0.1) is 13.8 Å². The van der Waals surface area contributed by atoms with Crippen molar-refractivity contribution in [1.82, 2.24) is 4.90 Å². The average Bonchev–Trinajstić information content (AvgIpc) is 3.00. The Balaban J connectivity index is 2.03. The van der Waals surface area contributed by atoms with E-state index in [-0.39, 0.29) is 24.1 Å². The first-order valence-corrected chi connectivity index (χ1v) is 10.1. The molecule has 7 nitrogen and oxygen atoms in total. The molecule has 0 aromatic heterocycles. The minimum Gasteiger partial charge on any atom is -0.493 e. The number of benzene rings is 2. The Morgan fingerprint density at radius 2 is 1.61 bits per heavy atom. The summed E-state index contributed by atoms with van der Waals surface area (Å²) in [6.45, 7) is 4.75. The number of nitrogens with zero attached hydrogens (tertiary/aromatic N) is 1. The molecule has 0 saturated carbocycles. The molecule has 0 radical (unpaired) electrons. The van der Waals surface area contributed by atoms with E-state index in [9.17, 15) is 9.59 Å². The second-order valence-electron chi connectivity index (χ2n) is 7.35. The third-order valence-corrected chi connectivity index (χ3v) is 5.35. The molecule has 1 N–H and O–H groups in total. The van der Waals surface area contributed by atoms with Crippen molar-refractivity contribution in [2.24, 2.45) is 0 Å². The van der Waals surface area contributed by atoms with Crippen molar-refractivity contribution in [2.75, 3.05) is 39.8 Å². The van der Waals surface area contributed by atoms with E-state index in [4.69, 9.17) is 14.2 Å². The van der Waals surface area contributed by atoms with Gasteiger partial charge in [-0.1, -0.05) is 18.2 Å². The van der Waals surface area contributed by atoms with Crippen LogP contribution in [-0.2, 0) is 14.3 Å². The van der Waals surface area contributed by atoms with Crippen molar-refractivity contribution >= 4 is 23.1 Å². The summed E-state index contributed by atoms with van der Waals surface area (Å²) in [4.78, 5) is 27.7. The fourth-order valence-corrected chi connectivity index (χ4v) is 3.49. The van der Waals surface area contributed by atoms with E-state index in [1.54, 1.807) is 39.5 Å². The van der Waals surface area contributed by atoms with Crippen LogP contribution in [0.2, 0.25) is 0 Å². The van der Waals surface area contributed by atoms with Crippen LogP contribution >= 0.6 is 0 Å². The highest BCUT2D eigenvalue weighted by molar-refractivity contribution is 6.36. The minimum atomic E-state index is -0.357. The second-order valence-corrected chi connectivity index (χ2v) is 7.35. The van der Waals surface area contributed by atoms with Gasteiger partial charge < -0.3 is 19.5 Å². The summed E-state index contributed by atoms with van der Waals surface area (Å²) in [7, 11) is 4.70. The lowest BCUT2D eigenvalue weighted by atomic mass is 9.99. The van der Waals surface area contributed by atoms with Gasteiger partial charge >= 0.3 is 0 Å². The molecule has 0 fully saturated rings. The number of hydrogen-bond acceptors (Lipinski definition) is 6. The molecule has 0 aliphatic carbocycles. The van der Waals surface area contributed by atoms with Gasteiger partial charge in [0.25, 0.3) is 11.8 Å². The zero-order valence-electron chi connectivity index (χ0n) is 18.6. The van der Waals surface area contributed by atoms with Crippen LogP contribution in [0.25, 0.3) is 5.57 Å². The molecular weight excluding hydrogens is 396 g/mol. The Bertz CT molecular complexity index is 1030.